The van der Waals surface area contributed by atoms with E-state index in [1.807, 2.05) is 30.3 Å². The molecule has 0 atom stereocenters. The third kappa shape index (κ3) is 4.49. The van der Waals surface area contributed by atoms with E-state index in [9.17, 15) is 9.59 Å². The Kier molecular flexibility index (Phi) is 5.76. The fourth-order valence-corrected chi connectivity index (χ4v) is 3.25. The maximum absolute atomic E-state index is 12.6. The Bertz CT molecular complexity index is 1020. The zero-order valence-corrected chi connectivity index (χ0v) is 16.7. The van der Waals surface area contributed by atoms with Crippen molar-refractivity contribution in [1.29, 1.82) is 0 Å². The van der Waals surface area contributed by atoms with Crippen LogP contribution in [0.2, 0.25) is 0 Å². The van der Waals surface area contributed by atoms with E-state index in [-0.39, 0.29) is 17.5 Å². The molecule has 0 radical (unpaired) electrons. The van der Waals surface area contributed by atoms with Crippen molar-refractivity contribution < 1.29 is 14.3 Å². The largest absolute Gasteiger partial charge is 0.378 e. The van der Waals surface area contributed by atoms with Crippen LogP contribution in [-0.2, 0) is 11.8 Å². The number of carbonyl (C=O) groups excluding carboxylic acids is 2. The van der Waals surface area contributed by atoms with Crippen LogP contribution < -0.4 is 15.5 Å². The molecule has 0 bridgehead atoms. The zero-order valence-electron chi connectivity index (χ0n) is 16.7. The smallest absolute Gasteiger partial charge is 0.276 e. The molecular weight excluding hydrogens is 382 g/mol. The van der Waals surface area contributed by atoms with Gasteiger partial charge in [0.15, 0.2) is 5.69 Å². The lowest BCUT2D eigenvalue weighted by Gasteiger charge is -2.28. The molecule has 3 aromatic rings. The van der Waals surface area contributed by atoms with Crippen LogP contribution >= 0.6 is 0 Å². The average molecular weight is 405 g/mol. The lowest BCUT2D eigenvalue weighted by atomic mass is 10.2. The second-order valence-electron chi connectivity index (χ2n) is 6.96. The van der Waals surface area contributed by atoms with Crippen molar-refractivity contribution in [2.45, 2.75) is 0 Å². The van der Waals surface area contributed by atoms with Crippen LogP contribution in [0, 0.1) is 0 Å². The van der Waals surface area contributed by atoms with E-state index < -0.39 is 0 Å². The first-order chi connectivity index (χ1) is 14.6. The van der Waals surface area contributed by atoms with E-state index in [2.05, 4.69) is 20.6 Å². The maximum Gasteiger partial charge on any atom is 0.276 e. The quantitative estimate of drug-likeness (QED) is 0.682. The van der Waals surface area contributed by atoms with E-state index in [0.717, 1.165) is 32.0 Å². The molecular formula is C22H23N5O3. The van der Waals surface area contributed by atoms with Crippen molar-refractivity contribution in [3.63, 3.8) is 0 Å². The van der Waals surface area contributed by atoms with E-state index in [1.165, 1.54) is 4.68 Å². The van der Waals surface area contributed by atoms with Gasteiger partial charge in [0.2, 0.25) is 0 Å². The van der Waals surface area contributed by atoms with Gasteiger partial charge in [0.05, 0.1) is 13.2 Å². The molecule has 30 heavy (non-hydrogen) atoms. The molecule has 1 aliphatic rings. The van der Waals surface area contributed by atoms with Gasteiger partial charge in [-0.05, 0) is 36.4 Å². The van der Waals surface area contributed by atoms with Gasteiger partial charge >= 0.3 is 0 Å². The van der Waals surface area contributed by atoms with Crippen LogP contribution in [0.15, 0.2) is 60.7 Å². The molecule has 2 N–H and O–H groups in total. The second kappa shape index (κ2) is 8.79. The minimum absolute atomic E-state index is 0.220. The number of ether oxygens (including phenoxy) is 1. The van der Waals surface area contributed by atoms with Crippen LogP contribution in [0.1, 0.15) is 20.8 Å². The van der Waals surface area contributed by atoms with Gasteiger partial charge in [0.25, 0.3) is 11.8 Å². The highest BCUT2D eigenvalue weighted by Gasteiger charge is 2.16. The monoisotopic (exact) mass is 405 g/mol. The fourth-order valence-electron chi connectivity index (χ4n) is 3.25. The van der Waals surface area contributed by atoms with Crippen LogP contribution in [0.3, 0.4) is 0 Å². The minimum Gasteiger partial charge on any atom is -0.378 e. The highest BCUT2D eigenvalue weighted by molar-refractivity contribution is 6.06. The van der Waals surface area contributed by atoms with Gasteiger partial charge in [-0.3, -0.25) is 14.3 Å². The SMILES string of the molecule is Cn1nc(C(=O)Nc2ccc(N3CCOCC3)cc2)cc1NC(=O)c1ccccc1. The van der Waals surface area contributed by atoms with Crippen molar-refractivity contribution in [2.75, 3.05) is 41.8 Å². The molecule has 4 rings (SSSR count). The van der Waals surface area contributed by atoms with Crippen LogP contribution in [-0.4, -0.2) is 47.9 Å². The molecule has 1 aromatic heterocycles. The molecule has 1 aliphatic heterocycles. The molecule has 154 valence electrons. The van der Waals surface area contributed by atoms with Gasteiger partial charge in [-0.15, -0.1) is 0 Å². The molecule has 1 saturated heterocycles. The number of carbonyl (C=O) groups is 2. The molecule has 8 nitrogen and oxygen atoms in total. The van der Waals surface area contributed by atoms with Crippen molar-refractivity contribution in [3.05, 3.63) is 71.9 Å². The third-order valence-electron chi connectivity index (χ3n) is 4.89. The van der Waals surface area contributed by atoms with Crippen molar-refractivity contribution in [3.8, 4) is 0 Å². The summed E-state index contributed by atoms with van der Waals surface area (Å²) in [5.74, 6) is -0.161. The summed E-state index contributed by atoms with van der Waals surface area (Å²) in [5.41, 5.74) is 2.53. The van der Waals surface area contributed by atoms with Gasteiger partial charge in [0, 0.05) is 43.1 Å². The third-order valence-corrected chi connectivity index (χ3v) is 4.89. The Hall–Kier alpha value is -3.65. The van der Waals surface area contributed by atoms with Gasteiger partial charge < -0.3 is 20.3 Å². The van der Waals surface area contributed by atoms with E-state index in [0.29, 0.717) is 17.1 Å². The van der Waals surface area contributed by atoms with Gasteiger partial charge in [0.1, 0.15) is 5.82 Å². The predicted octanol–water partition coefficient (Wildman–Crippen LogP) is 2.76. The molecule has 2 amide bonds. The normalized spacial score (nSPS) is 13.7. The summed E-state index contributed by atoms with van der Waals surface area (Å²) in [5, 5.41) is 9.83. The van der Waals surface area contributed by atoms with Crippen LogP contribution in [0.4, 0.5) is 17.2 Å². The molecule has 8 heteroatoms. The van der Waals surface area contributed by atoms with Gasteiger partial charge in [-0.25, -0.2) is 0 Å². The van der Waals surface area contributed by atoms with Crippen molar-refractivity contribution in [1.82, 2.24) is 9.78 Å². The van der Waals surface area contributed by atoms with E-state index in [1.54, 1.807) is 37.4 Å². The summed E-state index contributed by atoms with van der Waals surface area (Å²) in [6.45, 7) is 3.16. The zero-order chi connectivity index (χ0) is 20.9. The molecule has 0 aliphatic carbocycles. The summed E-state index contributed by atoms with van der Waals surface area (Å²) in [7, 11) is 1.68. The van der Waals surface area contributed by atoms with E-state index in [4.69, 9.17) is 4.74 Å². The van der Waals surface area contributed by atoms with Crippen molar-refractivity contribution in [2.24, 2.45) is 7.05 Å². The molecule has 0 unspecified atom stereocenters. The number of morpholine rings is 1. The highest BCUT2D eigenvalue weighted by Crippen LogP contribution is 2.20. The predicted molar refractivity (Wildman–Crippen MR) is 115 cm³/mol. The first-order valence-electron chi connectivity index (χ1n) is 9.75. The fraction of sp³-hybridized carbons (Fsp3) is 0.227. The summed E-state index contributed by atoms with van der Waals surface area (Å²) >= 11 is 0. The molecule has 1 fully saturated rings. The lowest BCUT2D eigenvalue weighted by molar-refractivity contribution is 0.101. The standard InChI is InChI=1S/C22H23N5O3/c1-26-20(24-21(28)16-5-3-2-4-6-16)15-19(25-26)22(29)23-17-7-9-18(10-8-17)27-11-13-30-14-12-27/h2-10,15H,11-14H2,1H3,(H,23,29)(H,24,28). The summed E-state index contributed by atoms with van der Waals surface area (Å²) < 4.78 is 6.84. The number of aromatic nitrogens is 2. The summed E-state index contributed by atoms with van der Waals surface area (Å²) in [6.07, 6.45) is 0. The van der Waals surface area contributed by atoms with Crippen molar-refractivity contribution >= 4 is 29.0 Å². The number of nitrogens with zero attached hydrogens (tertiary/aromatic N) is 3. The van der Waals surface area contributed by atoms with Gasteiger partial charge in [-0.2, -0.15) is 5.10 Å². The highest BCUT2D eigenvalue weighted by atomic mass is 16.5. The van der Waals surface area contributed by atoms with Gasteiger partial charge in [-0.1, -0.05) is 18.2 Å². The van der Waals surface area contributed by atoms with Crippen LogP contribution in [0.5, 0.6) is 0 Å². The average Bonchev–Trinajstić information content (AvgIpc) is 3.16. The number of rotatable bonds is 5. The summed E-state index contributed by atoms with van der Waals surface area (Å²) in [4.78, 5) is 27.2. The topological polar surface area (TPSA) is 88.5 Å². The lowest BCUT2D eigenvalue weighted by Crippen LogP contribution is -2.36. The van der Waals surface area contributed by atoms with Crippen LogP contribution in [0.25, 0.3) is 0 Å². The number of amides is 2. The van der Waals surface area contributed by atoms with E-state index >= 15 is 0 Å². The Balaban J connectivity index is 1.40. The first kappa shape index (κ1) is 19.7. The molecule has 2 aromatic carbocycles. The number of aryl methyl sites for hydroxylation is 1. The molecule has 0 spiro atoms. The summed E-state index contributed by atoms with van der Waals surface area (Å²) in [6, 6.07) is 18.1. The Morgan fingerprint density at radius 1 is 0.933 bits per heavy atom. The second-order valence-corrected chi connectivity index (χ2v) is 6.96. The number of hydrogen-bond acceptors (Lipinski definition) is 5. The maximum atomic E-state index is 12.6. The minimum atomic E-state index is -0.343. The molecule has 2 heterocycles. The number of hydrogen-bond donors (Lipinski definition) is 2. The Morgan fingerprint density at radius 3 is 2.33 bits per heavy atom. The Morgan fingerprint density at radius 2 is 1.63 bits per heavy atom. The molecule has 0 saturated carbocycles. The number of benzene rings is 2. The number of anilines is 3. The number of nitrogens with one attached hydrogen (secondary N) is 2. The Labute approximate surface area is 174 Å². The first-order valence-corrected chi connectivity index (χ1v) is 9.75.